The second kappa shape index (κ2) is 8.53. The van der Waals surface area contributed by atoms with Crippen LogP contribution in [0.4, 0.5) is 17.2 Å². The van der Waals surface area contributed by atoms with E-state index in [1.165, 1.54) is 5.56 Å². The van der Waals surface area contributed by atoms with Gasteiger partial charge in [-0.25, -0.2) is 4.98 Å². The number of anilines is 2. The average molecular weight is 383 g/mol. The van der Waals surface area contributed by atoms with Crippen LogP contribution in [0.3, 0.4) is 0 Å². The Kier molecular flexibility index (Phi) is 5.68. The Morgan fingerprint density at radius 2 is 1.64 bits per heavy atom. The molecule has 0 saturated carbocycles. The minimum absolute atomic E-state index is 0.128. The monoisotopic (exact) mass is 383 g/mol. The van der Waals surface area contributed by atoms with Crippen molar-refractivity contribution < 1.29 is 9.66 Å². The van der Waals surface area contributed by atoms with Crippen LogP contribution in [-0.4, -0.2) is 67.3 Å². The topological polar surface area (TPSA) is 75.0 Å². The molecule has 2 aliphatic rings. The van der Waals surface area contributed by atoms with Crippen molar-refractivity contribution >= 4 is 17.2 Å². The summed E-state index contributed by atoms with van der Waals surface area (Å²) in [6, 6.07) is 11.0. The number of non-ortho nitro benzene ring substituents is 1. The predicted molar refractivity (Wildman–Crippen MR) is 108 cm³/mol. The standard InChI is InChI=1S/C20H25N5O3/c26-25(27)19-5-3-18(4-6-19)23-8-10-24(11-9-23)20-17(2-1-7-21-20)16-22-12-14-28-15-13-22/h1-7H,8-16H2. The maximum absolute atomic E-state index is 10.8. The van der Waals surface area contributed by atoms with Crippen LogP contribution in [0, 0.1) is 10.1 Å². The lowest BCUT2D eigenvalue weighted by Gasteiger charge is -2.38. The van der Waals surface area contributed by atoms with Gasteiger partial charge in [0.15, 0.2) is 0 Å². The molecule has 148 valence electrons. The number of nitro groups is 1. The molecule has 0 amide bonds. The molecule has 1 aromatic heterocycles. The SMILES string of the molecule is O=[N+]([O-])c1ccc(N2CCN(c3ncccc3CN3CCOCC3)CC2)cc1. The Morgan fingerprint density at radius 3 is 2.32 bits per heavy atom. The third kappa shape index (κ3) is 4.23. The van der Waals surface area contributed by atoms with E-state index in [-0.39, 0.29) is 10.6 Å². The molecule has 0 radical (unpaired) electrons. The number of nitro benzene ring substituents is 1. The van der Waals surface area contributed by atoms with Crippen LogP contribution in [-0.2, 0) is 11.3 Å². The highest BCUT2D eigenvalue weighted by atomic mass is 16.6. The molecule has 2 saturated heterocycles. The van der Waals surface area contributed by atoms with E-state index in [0.717, 1.165) is 70.5 Å². The minimum Gasteiger partial charge on any atom is -0.379 e. The Hall–Kier alpha value is -2.71. The Bertz CT molecular complexity index is 800. The summed E-state index contributed by atoms with van der Waals surface area (Å²) in [5.74, 6) is 1.07. The van der Waals surface area contributed by atoms with Crippen molar-refractivity contribution in [1.82, 2.24) is 9.88 Å². The maximum atomic E-state index is 10.8. The minimum atomic E-state index is -0.362. The summed E-state index contributed by atoms with van der Waals surface area (Å²) in [6.45, 7) is 7.90. The normalized spacial score (nSPS) is 18.3. The molecule has 1 aromatic carbocycles. The third-order valence-corrected chi connectivity index (χ3v) is 5.37. The number of aromatic nitrogens is 1. The number of pyridine rings is 1. The second-order valence-corrected chi connectivity index (χ2v) is 7.12. The Morgan fingerprint density at radius 1 is 0.964 bits per heavy atom. The Balaban J connectivity index is 1.40. The summed E-state index contributed by atoms with van der Waals surface area (Å²) in [5, 5.41) is 10.8. The molecule has 0 unspecified atom stereocenters. The van der Waals surface area contributed by atoms with Crippen molar-refractivity contribution in [3.8, 4) is 0 Å². The number of hydrogen-bond acceptors (Lipinski definition) is 7. The zero-order chi connectivity index (χ0) is 19.3. The Labute approximate surface area is 164 Å². The molecule has 0 N–H and O–H groups in total. The number of benzene rings is 1. The first kappa shape index (κ1) is 18.6. The molecular weight excluding hydrogens is 358 g/mol. The molecule has 2 aliphatic heterocycles. The summed E-state index contributed by atoms with van der Waals surface area (Å²) in [6.07, 6.45) is 1.86. The van der Waals surface area contributed by atoms with Gasteiger partial charge in [0.2, 0.25) is 0 Å². The van der Waals surface area contributed by atoms with Gasteiger partial charge in [-0.2, -0.15) is 0 Å². The maximum Gasteiger partial charge on any atom is 0.269 e. The van der Waals surface area contributed by atoms with E-state index in [2.05, 4.69) is 25.8 Å². The summed E-state index contributed by atoms with van der Waals surface area (Å²) in [7, 11) is 0. The van der Waals surface area contributed by atoms with Crippen molar-refractivity contribution in [2.24, 2.45) is 0 Å². The second-order valence-electron chi connectivity index (χ2n) is 7.12. The molecule has 2 fully saturated rings. The van der Waals surface area contributed by atoms with E-state index in [0.29, 0.717) is 0 Å². The fourth-order valence-electron chi connectivity index (χ4n) is 3.80. The van der Waals surface area contributed by atoms with Gasteiger partial charge < -0.3 is 14.5 Å². The highest BCUT2D eigenvalue weighted by molar-refractivity contribution is 5.54. The van der Waals surface area contributed by atoms with E-state index in [4.69, 9.17) is 4.74 Å². The number of ether oxygens (including phenoxy) is 1. The smallest absolute Gasteiger partial charge is 0.269 e. The first-order valence-corrected chi connectivity index (χ1v) is 9.69. The van der Waals surface area contributed by atoms with Crippen molar-refractivity contribution in [1.29, 1.82) is 0 Å². The van der Waals surface area contributed by atoms with Gasteiger partial charge in [-0.15, -0.1) is 0 Å². The van der Waals surface area contributed by atoms with Crippen molar-refractivity contribution in [3.05, 3.63) is 58.3 Å². The third-order valence-electron chi connectivity index (χ3n) is 5.37. The first-order valence-electron chi connectivity index (χ1n) is 9.69. The van der Waals surface area contributed by atoms with Crippen LogP contribution in [0.1, 0.15) is 5.56 Å². The molecule has 28 heavy (non-hydrogen) atoms. The molecule has 4 rings (SSSR count). The van der Waals surface area contributed by atoms with Gasteiger partial charge >= 0.3 is 0 Å². The van der Waals surface area contributed by atoms with Crippen molar-refractivity contribution in [2.75, 3.05) is 62.3 Å². The lowest BCUT2D eigenvalue weighted by atomic mass is 10.2. The zero-order valence-electron chi connectivity index (χ0n) is 15.9. The van der Waals surface area contributed by atoms with Crippen LogP contribution in [0.15, 0.2) is 42.6 Å². The fraction of sp³-hybridized carbons (Fsp3) is 0.450. The predicted octanol–water partition coefficient (Wildman–Crippen LogP) is 2.15. The molecule has 0 bridgehead atoms. The lowest BCUT2D eigenvalue weighted by molar-refractivity contribution is -0.384. The summed E-state index contributed by atoms with van der Waals surface area (Å²) in [5.41, 5.74) is 2.41. The number of nitrogens with zero attached hydrogens (tertiary/aromatic N) is 5. The molecule has 3 heterocycles. The van der Waals surface area contributed by atoms with Crippen LogP contribution in [0.25, 0.3) is 0 Å². The molecular formula is C20H25N5O3. The van der Waals surface area contributed by atoms with Gasteiger partial charge in [-0.05, 0) is 18.2 Å². The van der Waals surface area contributed by atoms with E-state index in [9.17, 15) is 10.1 Å². The number of piperazine rings is 1. The molecule has 2 aromatic rings. The van der Waals surface area contributed by atoms with E-state index >= 15 is 0 Å². The number of morpholine rings is 1. The molecule has 0 aliphatic carbocycles. The van der Waals surface area contributed by atoms with Crippen molar-refractivity contribution in [2.45, 2.75) is 6.54 Å². The van der Waals surface area contributed by atoms with E-state index < -0.39 is 0 Å². The number of rotatable bonds is 5. The highest BCUT2D eigenvalue weighted by Crippen LogP contribution is 2.24. The van der Waals surface area contributed by atoms with E-state index in [1.54, 1.807) is 12.1 Å². The van der Waals surface area contributed by atoms with Crippen LogP contribution in [0.2, 0.25) is 0 Å². The zero-order valence-corrected chi connectivity index (χ0v) is 15.9. The summed E-state index contributed by atoms with van der Waals surface area (Å²) in [4.78, 5) is 22.2. The van der Waals surface area contributed by atoms with Crippen LogP contribution >= 0.6 is 0 Å². The quantitative estimate of drug-likeness (QED) is 0.578. The summed E-state index contributed by atoms with van der Waals surface area (Å²) < 4.78 is 5.45. The molecule has 0 spiro atoms. The van der Waals surface area contributed by atoms with Crippen molar-refractivity contribution in [3.63, 3.8) is 0 Å². The fourth-order valence-corrected chi connectivity index (χ4v) is 3.80. The molecule has 8 nitrogen and oxygen atoms in total. The van der Waals surface area contributed by atoms with Gasteiger partial charge in [-0.1, -0.05) is 6.07 Å². The molecule has 8 heteroatoms. The highest BCUT2D eigenvalue weighted by Gasteiger charge is 2.22. The summed E-state index contributed by atoms with van der Waals surface area (Å²) >= 11 is 0. The van der Waals surface area contributed by atoms with E-state index in [1.807, 2.05) is 24.4 Å². The van der Waals surface area contributed by atoms with Gasteiger partial charge in [0.25, 0.3) is 5.69 Å². The number of hydrogen-bond donors (Lipinski definition) is 0. The lowest BCUT2D eigenvalue weighted by Crippen LogP contribution is -2.47. The average Bonchev–Trinajstić information content (AvgIpc) is 2.75. The van der Waals surface area contributed by atoms with Gasteiger partial charge in [0.05, 0.1) is 18.1 Å². The van der Waals surface area contributed by atoms with Gasteiger partial charge in [0.1, 0.15) is 5.82 Å². The first-order chi connectivity index (χ1) is 13.7. The van der Waals surface area contributed by atoms with Gasteiger partial charge in [0, 0.05) is 75.4 Å². The largest absolute Gasteiger partial charge is 0.379 e. The molecule has 0 atom stereocenters. The van der Waals surface area contributed by atoms with Crippen LogP contribution in [0.5, 0.6) is 0 Å². The van der Waals surface area contributed by atoms with Gasteiger partial charge in [-0.3, -0.25) is 15.0 Å². The van der Waals surface area contributed by atoms with Crippen LogP contribution < -0.4 is 9.80 Å².